The molecule has 6 heteroatoms. The summed E-state index contributed by atoms with van der Waals surface area (Å²) in [7, 11) is 0. The maximum absolute atomic E-state index is 6.12. The summed E-state index contributed by atoms with van der Waals surface area (Å²) in [4.78, 5) is 4.43. The molecule has 102 valence electrons. The van der Waals surface area contributed by atoms with Crippen LogP contribution in [0.3, 0.4) is 0 Å². The number of benzene rings is 1. The van der Waals surface area contributed by atoms with Crippen LogP contribution in [0, 0.1) is 0 Å². The van der Waals surface area contributed by atoms with Gasteiger partial charge in [0.25, 0.3) is 0 Å². The summed E-state index contributed by atoms with van der Waals surface area (Å²) in [6.07, 6.45) is 0.649. The van der Waals surface area contributed by atoms with Gasteiger partial charge in [0.1, 0.15) is 21.9 Å². The SMILES string of the molecule is CCC(Oc1cccc(Cl)c1Cl)c1nc(CCl)cs1. The number of thiazole rings is 1. The van der Waals surface area contributed by atoms with Crippen LogP contribution in [0.2, 0.25) is 10.0 Å². The number of ether oxygens (including phenoxy) is 1. The van der Waals surface area contributed by atoms with E-state index in [1.54, 1.807) is 12.1 Å². The highest BCUT2D eigenvalue weighted by atomic mass is 35.5. The lowest BCUT2D eigenvalue weighted by molar-refractivity contribution is 0.201. The van der Waals surface area contributed by atoms with Gasteiger partial charge in [-0.1, -0.05) is 36.2 Å². The number of hydrogen-bond donors (Lipinski definition) is 0. The van der Waals surface area contributed by atoms with Gasteiger partial charge in [-0.2, -0.15) is 0 Å². The van der Waals surface area contributed by atoms with Crippen LogP contribution >= 0.6 is 46.1 Å². The summed E-state index contributed by atoms with van der Waals surface area (Å²) in [5.41, 5.74) is 0.862. The van der Waals surface area contributed by atoms with Gasteiger partial charge < -0.3 is 4.74 Å². The lowest BCUT2D eigenvalue weighted by Gasteiger charge is -2.16. The van der Waals surface area contributed by atoms with Crippen LogP contribution in [0.4, 0.5) is 0 Å². The highest BCUT2D eigenvalue weighted by Gasteiger charge is 2.17. The van der Waals surface area contributed by atoms with Crippen molar-refractivity contribution in [2.24, 2.45) is 0 Å². The van der Waals surface area contributed by atoms with Gasteiger partial charge in [-0.15, -0.1) is 22.9 Å². The number of halogens is 3. The Balaban J connectivity index is 2.21. The molecular weight excluding hydrogens is 325 g/mol. The number of rotatable bonds is 5. The molecule has 1 atom stereocenters. The fourth-order valence-corrected chi connectivity index (χ4v) is 3.06. The number of aromatic nitrogens is 1. The Bertz CT molecular complexity index is 559. The van der Waals surface area contributed by atoms with Crippen LogP contribution in [0.25, 0.3) is 0 Å². The van der Waals surface area contributed by atoms with Crippen LogP contribution in [0.5, 0.6) is 5.75 Å². The Morgan fingerprint density at radius 3 is 2.79 bits per heavy atom. The molecule has 0 radical (unpaired) electrons. The molecule has 1 aromatic heterocycles. The van der Waals surface area contributed by atoms with E-state index < -0.39 is 0 Å². The van der Waals surface area contributed by atoms with Crippen molar-refractivity contribution in [3.63, 3.8) is 0 Å². The van der Waals surface area contributed by atoms with E-state index in [0.717, 1.165) is 17.1 Å². The molecule has 0 saturated carbocycles. The zero-order valence-electron chi connectivity index (χ0n) is 10.2. The van der Waals surface area contributed by atoms with E-state index in [1.807, 2.05) is 18.4 Å². The maximum atomic E-state index is 6.12. The predicted molar refractivity (Wildman–Crippen MR) is 81.8 cm³/mol. The third-order valence-electron chi connectivity index (χ3n) is 2.54. The molecule has 0 aliphatic heterocycles. The first kappa shape index (κ1) is 14.9. The zero-order valence-corrected chi connectivity index (χ0v) is 13.3. The van der Waals surface area contributed by atoms with Gasteiger partial charge in [0.05, 0.1) is 16.6 Å². The van der Waals surface area contributed by atoms with Crippen molar-refractivity contribution in [2.45, 2.75) is 25.3 Å². The van der Waals surface area contributed by atoms with E-state index in [0.29, 0.717) is 21.7 Å². The standard InChI is InChI=1S/C13H12Cl3NOS/c1-2-10(13-17-8(6-14)7-19-13)18-11-5-3-4-9(15)12(11)16/h3-5,7,10H,2,6H2,1H3. The van der Waals surface area contributed by atoms with E-state index >= 15 is 0 Å². The molecule has 2 aromatic rings. The van der Waals surface area contributed by atoms with Gasteiger partial charge in [-0.05, 0) is 18.6 Å². The summed E-state index contributed by atoms with van der Waals surface area (Å²) in [5.74, 6) is 0.980. The van der Waals surface area contributed by atoms with Crippen molar-refractivity contribution in [1.29, 1.82) is 0 Å². The van der Waals surface area contributed by atoms with Crippen LogP contribution < -0.4 is 4.74 Å². The minimum absolute atomic E-state index is 0.141. The minimum Gasteiger partial charge on any atom is -0.482 e. The van der Waals surface area contributed by atoms with Crippen molar-refractivity contribution in [2.75, 3.05) is 0 Å². The van der Waals surface area contributed by atoms with Gasteiger partial charge in [-0.25, -0.2) is 4.98 Å². The van der Waals surface area contributed by atoms with E-state index in [9.17, 15) is 0 Å². The molecule has 0 saturated heterocycles. The van der Waals surface area contributed by atoms with Gasteiger partial charge in [0, 0.05) is 5.38 Å². The molecule has 0 bridgehead atoms. The average molecular weight is 337 g/mol. The van der Waals surface area contributed by atoms with Gasteiger partial charge >= 0.3 is 0 Å². The third-order valence-corrected chi connectivity index (χ3v) is 4.60. The minimum atomic E-state index is -0.141. The molecule has 19 heavy (non-hydrogen) atoms. The molecule has 2 nitrogen and oxygen atoms in total. The van der Waals surface area contributed by atoms with Crippen LogP contribution in [0.1, 0.15) is 30.2 Å². The molecule has 2 rings (SSSR count). The third kappa shape index (κ3) is 3.54. The highest BCUT2D eigenvalue weighted by Crippen LogP contribution is 2.35. The first-order valence-corrected chi connectivity index (χ1v) is 7.93. The molecule has 0 amide bonds. The molecule has 0 spiro atoms. The van der Waals surface area contributed by atoms with Gasteiger partial charge in [0.2, 0.25) is 0 Å². The van der Waals surface area contributed by atoms with Gasteiger partial charge in [0.15, 0.2) is 0 Å². The van der Waals surface area contributed by atoms with E-state index in [2.05, 4.69) is 4.98 Å². The van der Waals surface area contributed by atoms with Crippen molar-refractivity contribution < 1.29 is 4.74 Å². The normalized spacial score (nSPS) is 12.4. The predicted octanol–water partition coefficient (Wildman–Crippen LogP) is 5.72. The maximum Gasteiger partial charge on any atom is 0.150 e. The molecular formula is C13H12Cl3NOS. The summed E-state index contributed by atoms with van der Waals surface area (Å²) >= 11 is 19.4. The summed E-state index contributed by atoms with van der Waals surface area (Å²) in [6.45, 7) is 2.03. The summed E-state index contributed by atoms with van der Waals surface area (Å²) in [5, 5.41) is 3.74. The van der Waals surface area contributed by atoms with Crippen LogP contribution in [0.15, 0.2) is 23.6 Å². The largest absolute Gasteiger partial charge is 0.482 e. The molecule has 1 aromatic carbocycles. The lowest BCUT2D eigenvalue weighted by atomic mass is 10.2. The zero-order chi connectivity index (χ0) is 13.8. The van der Waals surface area contributed by atoms with Crippen molar-refractivity contribution in [1.82, 2.24) is 4.98 Å². The molecule has 0 aliphatic carbocycles. The summed E-state index contributed by atoms with van der Waals surface area (Å²) < 4.78 is 5.91. The first-order valence-electron chi connectivity index (χ1n) is 5.76. The smallest absolute Gasteiger partial charge is 0.150 e. The van der Waals surface area contributed by atoms with Crippen molar-refractivity contribution >= 4 is 46.1 Å². The Morgan fingerprint density at radius 2 is 2.16 bits per heavy atom. The van der Waals surface area contributed by atoms with Crippen molar-refractivity contribution in [3.05, 3.63) is 44.3 Å². The Kier molecular flexibility index (Phi) is 5.34. The molecule has 0 aliphatic rings. The lowest BCUT2D eigenvalue weighted by Crippen LogP contribution is -2.06. The number of alkyl halides is 1. The van der Waals surface area contributed by atoms with Crippen LogP contribution in [-0.2, 0) is 5.88 Å². The van der Waals surface area contributed by atoms with E-state index in [-0.39, 0.29) is 6.10 Å². The molecule has 1 unspecified atom stereocenters. The number of nitrogens with zero attached hydrogens (tertiary/aromatic N) is 1. The van der Waals surface area contributed by atoms with E-state index in [1.165, 1.54) is 11.3 Å². The average Bonchev–Trinajstić information content (AvgIpc) is 2.89. The fourth-order valence-electron chi connectivity index (χ4n) is 1.57. The fraction of sp³-hybridized carbons (Fsp3) is 0.308. The highest BCUT2D eigenvalue weighted by molar-refractivity contribution is 7.09. The molecule has 0 fully saturated rings. The quantitative estimate of drug-likeness (QED) is 0.651. The topological polar surface area (TPSA) is 22.1 Å². The molecule has 1 heterocycles. The monoisotopic (exact) mass is 335 g/mol. The number of hydrogen-bond acceptors (Lipinski definition) is 3. The Labute approximate surface area is 131 Å². The first-order chi connectivity index (χ1) is 9.15. The van der Waals surface area contributed by atoms with Gasteiger partial charge in [-0.3, -0.25) is 0 Å². The van der Waals surface area contributed by atoms with Crippen molar-refractivity contribution in [3.8, 4) is 5.75 Å². The second-order valence-electron chi connectivity index (χ2n) is 3.88. The Morgan fingerprint density at radius 1 is 1.37 bits per heavy atom. The van der Waals surface area contributed by atoms with E-state index in [4.69, 9.17) is 39.5 Å². The molecule has 0 N–H and O–H groups in total. The Hall–Kier alpha value is -0.480. The van der Waals surface area contributed by atoms with Crippen LogP contribution in [-0.4, -0.2) is 4.98 Å². The summed E-state index contributed by atoms with van der Waals surface area (Å²) in [6, 6.07) is 5.34. The second kappa shape index (κ2) is 6.80. The second-order valence-corrected chi connectivity index (χ2v) is 5.82.